The van der Waals surface area contributed by atoms with Gasteiger partial charge in [0.2, 0.25) is 0 Å². The summed E-state index contributed by atoms with van der Waals surface area (Å²) in [7, 11) is 3.97. The molecule has 9 nitrogen and oxygen atoms in total. The van der Waals surface area contributed by atoms with E-state index in [1.807, 2.05) is 24.4 Å². The largest absolute Gasteiger partial charge is 0.375 e. The molecule has 1 saturated heterocycles. The third-order valence-corrected chi connectivity index (χ3v) is 10.9. The molecule has 47 heavy (non-hydrogen) atoms. The predicted molar refractivity (Wildman–Crippen MR) is 182 cm³/mol. The highest BCUT2D eigenvalue weighted by Gasteiger charge is 2.54. The van der Waals surface area contributed by atoms with Gasteiger partial charge in [0.1, 0.15) is 18.2 Å². The van der Waals surface area contributed by atoms with Crippen LogP contribution in [0.25, 0.3) is 55.0 Å². The Kier molecular flexibility index (Phi) is 5.52. The molecule has 0 unspecified atom stereocenters. The van der Waals surface area contributed by atoms with Crippen LogP contribution in [0.3, 0.4) is 0 Å². The van der Waals surface area contributed by atoms with Gasteiger partial charge in [0.15, 0.2) is 5.72 Å². The number of methoxy groups -OCH3 is 1. The molecule has 6 heterocycles. The molecule has 4 atom stereocenters. The summed E-state index contributed by atoms with van der Waals surface area (Å²) in [6, 6.07) is 27.2. The third kappa shape index (κ3) is 3.48. The minimum absolute atomic E-state index is 0.0101. The molecule has 10 rings (SSSR count). The number of ether oxygens (including phenoxy) is 2. The second-order valence-corrected chi connectivity index (χ2v) is 13.3. The molecule has 3 aromatic heterocycles. The molecule has 3 aliphatic rings. The van der Waals surface area contributed by atoms with E-state index in [2.05, 4.69) is 99.0 Å². The number of aromatic amines is 1. The summed E-state index contributed by atoms with van der Waals surface area (Å²) in [6.07, 6.45) is 2.03. The van der Waals surface area contributed by atoms with Crippen molar-refractivity contribution < 1.29 is 14.3 Å². The molecule has 0 aliphatic carbocycles. The molecule has 0 saturated carbocycles. The summed E-state index contributed by atoms with van der Waals surface area (Å²) in [6.45, 7) is 3.35. The average Bonchev–Trinajstić information content (AvgIpc) is 3.86. The maximum Gasteiger partial charge on any atom is 0.252 e. The molecule has 0 spiro atoms. The van der Waals surface area contributed by atoms with Crippen molar-refractivity contribution in [2.24, 2.45) is 0 Å². The van der Waals surface area contributed by atoms with Crippen LogP contribution >= 0.6 is 0 Å². The number of carbonyl (C=O) groups is 1. The number of benzene rings is 4. The van der Waals surface area contributed by atoms with Gasteiger partial charge < -0.3 is 28.9 Å². The van der Waals surface area contributed by atoms with E-state index in [-0.39, 0.29) is 24.3 Å². The summed E-state index contributed by atoms with van der Waals surface area (Å²) in [4.78, 5) is 24.2. The number of fused-ring (bicyclic) bond motifs is 13. The molecule has 4 aromatic carbocycles. The van der Waals surface area contributed by atoms with Gasteiger partial charge in [-0.15, -0.1) is 0 Å². The van der Waals surface area contributed by atoms with E-state index in [9.17, 15) is 4.79 Å². The topological polar surface area (TPSA) is 89.3 Å². The number of H-pyrrole nitrogens is 1. The average molecular weight is 623 g/mol. The van der Waals surface area contributed by atoms with Crippen LogP contribution in [0.4, 0.5) is 0 Å². The number of aromatic nitrogens is 4. The lowest BCUT2D eigenvalue weighted by Crippen LogP contribution is -2.60. The highest BCUT2D eigenvalue weighted by Crippen LogP contribution is 2.54. The maximum absolute atomic E-state index is 13.6. The van der Waals surface area contributed by atoms with Crippen LogP contribution in [-0.4, -0.2) is 56.2 Å². The van der Waals surface area contributed by atoms with E-state index in [1.165, 1.54) is 0 Å². The quantitative estimate of drug-likeness (QED) is 0.224. The number of nitrogens with zero attached hydrogens (tertiary/aromatic N) is 4. The van der Waals surface area contributed by atoms with Gasteiger partial charge in [-0.05, 0) is 31.7 Å². The Hall–Kier alpha value is -4.96. The lowest BCUT2D eigenvalue weighted by atomic mass is 9.91. The Bertz CT molecular complexity index is 2420. The molecule has 9 heteroatoms. The lowest BCUT2D eigenvalue weighted by molar-refractivity contribution is -0.268. The van der Waals surface area contributed by atoms with Gasteiger partial charge in [-0.1, -0.05) is 66.7 Å². The van der Waals surface area contributed by atoms with Gasteiger partial charge in [-0.25, -0.2) is 4.98 Å². The van der Waals surface area contributed by atoms with Gasteiger partial charge in [-0.3, -0.25) is 9.69 Å². The number of carbonyl (C=O) groups excluding carboxylic acids is 1. The number of nitrogens with one attached hydrogen (secondary N) is 2. The molecule has 234 valence electrons. The summed E-state index contributed by atoms with van der Waals surface area (Å²) >= 11 is 0. The van der Waals surface area contributed by atoms with Crippen LogP contribution in [0.1, 0.15) is 41.2 Å². The van der Waals surface area contributed by atoms with Crippen LogP contribution in [0.5, 0.6) is 0 Å². The van der Waals surface area contributed by atoms with Crippen LogP contribution < -0.4 is 5.32 Å². The molecular formula is C38H34N6O3. The van der Waals surface area contributed by atoms with Crippen molar-refractivity contribution in [1.82, 2.24) is 29.3 Å². The van der Waals surface area contributed by atoms with Crippen molar-refractivity contribution in [3.63, 3.8) is 0 Å². The minimum Gasteiger partial charge on any atom is -0.375 e. The number of hydrogen-bond donors (Lipinski definition) is 2. The first kappa shape index (κ1) is 27.2. The number of para-hydroxylation sites is 2. The number of imidazole rings is 1. The first-order valence-corrected chi connectivity index (χ1v) is 16.3. The summed E-state index contributed by atoms with van der Waals surface area (Å²) in [5.41, 5.74) is 7.39. The van der Waals surface area contributed by atoms with Gasteiger partial charge >= 0.3 is 0 Å². The van der Waals surface area contributed by atoms with Crippen molar-refractivity contribution in [3.05, 3.63) is 102 Å². The Morgan fingerprint density at radius 1 is 0.979 bits per heavy atom. The fraction of sp³-hybridized carbons (Fsp3) is 0.263. The highest BCUT2D eigenvalue weighted by atomic mass is 16.6. The van der Waals surface area contributed by atoms with E-state index >= 15 is 0 Å². The second-order valence-electron chi connectivity index (χ2n) is 13.3. The van der Waals surface area contributed by atoms with Crippen LogP contribution in [0.2, 0.25) is 0 Å². The van der Waals surface area contributed by atoms with E-state index in [0.29, 0.717) is 19.5 Å². The van der Waals surface area contributed by atoms with Gasteiger partial charge in [0.25, 0.3) is 5.91 Å². The Balaban J connectivity index is 1.22. The van der Waals surface area contributed by atoms with Crippen molar-refractivity contribution in [2.45, 2.75) is 50.5 Å². The molecule has 2 N–H and O–H groups in total. The third-order valence-electron chi connectivity index (χ3n) is 10.9. The molecule has 0 radical (unpaired) electrons. The normalized spacial score (nSPS) is 23.4. The molecule has 1 amide bonds. The van der Waals surface area contributed by atoms with Crippen LogP contribution in [0.15, 0.2) is 85.1 Å². The Morgan fingerprint density at radius 3 is 2.49 bits per heavy atom. The first-order chi connectivity index (χ1) is 23.0. The zero-order valence-electron chi connectivity index (χ0n) is 26.4. The minimum atomic E-state index is -0.863. The van der Waals surface area contributed by atoms with E-state index in [0.717, 1.165) is 71.8 Å². The molecule has 7 aromatic rings. The SMILES string of the molecule is CO[C@@H]1[C@H](N(C)Cc2cnc(-c3ccccc3)[nH]2)C[C@H]2O[C@]1(C)n1c3ccccc3c3c4c(c5c6ccccc6n2c5c31)C(=O)NC4. The van der Waals surface area contributed by atoms with Gasteiger partial charge in [-0.2, -0.15) is 0 Å². The van der Waals surface area contributed by atoms with Gasteiger partial charge in [0, 0.05) is 71.7 Å². The number of amides is 1. The van der Waals surface area contributed by atoms with E-state index in [1.54, 1.807) is 7.11 Å². The predicted octanol–water partition coefficient (Wildman–Crippen LogP) is 6.66. The van der Waals surface area contributed by atoms with Gasteiger partial charge in [0.05, 0.1) is 27.6 Å². The van der Waals surface area contributed by atoms with Crippen LogP contribution in [-0.2, 0) is 28.3 Å². The smallest absolute Gasteiger partial charge is 0.252 e. The van der Waals surface area contributed by atoms with Crippen LogP contribution in [0, 0.1) is 0 Å². The fourth-order valence-corrected chi connectivity index (χ4v) is 9.01. The fourth-order valence-electron chi connectivity index (χ4n) is 9.01. The van der Waals surface area contributed by atoms with E-state index < -0.39 is 5.72 Å². The monoisotopic (exact) mass is 622 g/mol. The molecule has 1 fully saturated rings. The standard InChI is InChI=1S/C38H34N6O3/c1-38-35(46-3)28(42(2)20-22-18-39-36(41-22)21-11-5-4-6-12-21)17-29(47-38)43-26-15-9-7-13-23(26)31-32-25(19-40-37(32)45)30-24-14-8-10-16-27(24)44(38)34(30)33(31)43/h4-16,18,28-29,35H,17,19-20H2,1-3H3,(H,39,41)(H,40,45)/t28-,29-,35-,38+/m1/s1. The second kappa shape index (κ2) is 9.54. The summed E-state index contributed by atoms with van der Waals surface area (Å²) in [5.74, 6) is 0.850. The molecule has 3 aliphatic heterocycles. The maximum atomic E-state index is 13.6. The van der Waals surface area contributed by atoms with Crippen molar-refractivity contribution in [2.75, 3.05) is 14.2 Å². The van der Waals surface area contributed by atoms with Crippen molar-refractivity contribution in [3.8, 4) is 11.4 Å². The zero-order valence-corrected chi connectivity index (χ0v) is 26.4. The number of hydrogen-bond acceptors (Lipinski definition) is 5. The summed E-state index contributed by atoms with van der Waals surface area (Å²) < 4.78 is 18.6. The van der Waals surface area contributed by atoms with E-state index in [4.69, 9.17) is 14.5 Å². The molecular weight excluding hydrogens is 588 g/mol. The summed E-state index contributed by atoms with van der Waals surface area (Å²) in [5, 5.41) is 7.48. The lowest BCUT2D eigenvalue weighted by Gasteiger charge is -2.50. The molecule has 2 bridgehead atoms. The number of rotatable bonds is 5. The van der Waals surface area contributed by atoms with Crippen molar-refractivity contribution in [1.29, 1.82) is 0 Å². The highest BCUT2D eigenvalue weighted by molar-refractivity contribution is 6.31. The zero-order chi connectivity index (χ0) is 31.6. The number of likely N-dealkylation sites (N-methyl/N-ethyl adjacent to an activating group) is 1. The Labute approximate surface area is 270 Å². The van der Waals surface area contributed by atoms with Crippen molar-refractivity contribution >= 4 is 49.5 Å². The Morgan fingerprint density at radius 2 is 1.70 bits per heavy atom. The first-order valence-electron chi connectivity index (χ1n) is 16.3.